The number of fused-ring (bicyclic) bond motifs is 7. The van der Waals surface area contributed by atoms with Gasteiger partial charge in [0.05, 0.1) is 12.7 Å². The molecule has 9 atom stereocenters. The molecule has 0 heterocycles. The van der Waals surface area contributed by atoms with Crippen LogP contribution < -0.4 is 0 Å². The smallest absolute Gasteiger partial charge is 0.306 e. The molecule has 4 saturated carbocycles. The summed E-state index contributed by atoms with van der Waals surface area (Å²) in [7, 11) is 0. The Kier molecular flexibility index (Phi) is 13.9. The molecule has 0 unspecified atom stereocenters. The summed E-state index contributed by atoms with van der Waals surface area (Å²) in [5.41, 5.74) is 1.55. The molecule has 0 amide bonds. The maximum Gasteiger partial charge on any atom is 0.306 e. The van der Waals surface area contributed by atoms with Gasteiger partial charge in [0.15, 0.2) is 0 Å². The van der Waals surface area contributed by atoms with E-state index in [0.29, 0.717) is 18.3 Å². The highest BCUT2D eigenvalue weighted by Gasteiger charge is 2.70. The zero-order valence-corrected chi connectivity index (χ0v) is 35.6. The number of allylic oxidation sites excluding steroid dienone is 2. The fourth-order valence-corrected chi connectivity index (χ4v) is 13.8. The minimum Gasteiger partial charge on any atom is -0.462 e. The first kappa shape index (κ1) is 42.3. The van der Waals surface area contributed by atoms with E-state index >= 15 is 0 Å². The number of unbranched alkanes of at least 4 members (excludes halogenated alkanes) is 14. The molecule has 5 aliphatic carbocycles. The Morgan fingerprint density at radius 2 is 1.31 bits per heavy atom. The summed E-state index contributed by atoms with van der Waals surface area (Å²) in [4.78, 5) is 13.2. The zero-order chi connectivity index (χ0) is 37.8. The van der Waals surface area contributed by atoms with Crippen LogP contribution >= 0.6 is 0 Å². The lowest BCUT2D eigenvalue weighted by atomic mass is 9.33. The van der Waals surface area contributed by atoms with Gasteiger partial charge >= 0.3 is 5.97 Å². The standard InChI is InChI=1S/C48H84O4/c1-9-10-11-12-13-14-15-16-17-18-19-20-21-22-23-24-42(51)52-41-28-29-45(6)38(44(41,4)5)27-30-46(7)39(45)26-25-36-37-33-43(2,3)31-32-48(37,35-49)40(50)34-47(36,46)8/h25,37-41,49-50H,9-24,26-35H2,1-8H3/t37-,38-,39+,40-,41-,45-,46+,47+,48+/m0/s1. The van der Waals surface area contributed by atoms with Crippen LogP contribution in [0.2, 0.25) is 0 Å². The Morgan fingerprint density at radius 1 is 0.731 bits per heavy atom. The molecule has 0 spiro atoms. The van der Waals surface area contributed by atoms with E-state index in [1.165, 1.54) is 83.5 Å². The Hall–Kier alpha value is -0.870. The van der Waals surface area contributed by atoms with Gasteiger partial charge in [0, 0.05) is 17.3 Å². The van der Waals surface area contributed by atoms with Crippen molar-refractivity contribution in [3.63, 3.8) is 0 Å². The number of esters is 1. The van der Waals surface area contributed by atoms with Crippen molar-refractivity contribution in [2.45, 2.75) is 228 Å². The lowest BCUT2D eigenvalue weighted by Gasteiger charge is -2.72. The molecule has 0 aromatic rings. The minimum absolute atomic E-state index is 0.00445. The fraction of sp³-hybridized carbons (Fsp3) is 0.938. The van der Waals surface area contributed by atoms with E-state index in [4.69, 9.17) is 4.74 Å². The van der Waals surface area contributed by atoms with Gasteiger partial charge in [-0.15, -0.1) is 0 Å². The number of carbonyl (C=O) groups is 1. The van der Waals surface area contributed by atoms with Gasteiger partial charge in [-0.2, -0.15) is 0 Å². The molecule has 5 rings (SSSR count). The Bertz CT molecular complexity index is 1200. The van der Waals surface area contributed by atoms with Crippen LogP contribution in [0, 0.1) is 50.2 Å². The van der Waals surface area contributed by atoms with E-state index in [2.05, 4.69) is 61.5 Å². The quantitative estimate of drug-likeness (QED) is 0.0839. The summed E-state index contributed by atoms with van der Waals surface area (Å²) >= 11 is 0. The predicted octanol–water partition coefficient (Wildman–Crippen LogP) is 12.9. The molecule has 0 aliphatic heterocycles. The molecule has 2 N–H and O–H groups in total. The molecule has 5 aliphatic rings. The van der Waals surface area contributed by atoms with Gasteiger partial charge < -0.3 is 14.9 Å². The van der Waals surface area contributed by atoms with E-state index in [1.54, 1.807) is 5.57 Å². The third-order valence-electron chi connectivity index (χ3n) is 17.4. The number of aliphatic hydroxyl groups is 2. The molecule has 0 saturated heterocycles. The maximum atomic E-state index is 13.2. The second-order valence-electron chi connectivity index (χ2n) is 21.4. The highest BCUT2D eigenvalue weighted by atomic mass is 16.5. The third kappa shape index (κ3) is 8.16. The first-order chi connectivity index (χ1) is 24.6. The van der Waals surface area contributed by atoms with Crippen LogP contribution in [0.25, 0.3) is 0 Å². The largest absolute Gasteiger partial charge is 0.462 e. The van der Waals surface area contributed by atoms with Crippen LogP contribution in [0.1, 0.15) is 216 Å². The SMILES string of the molecule is CCCCCCCCCCCCCCCCCC(=O)O[C@H]1CC[C@]2(C)[C@H]3CC=C4[C@@H]5CC(C)(C)CC[C@]5(CO)[C@@H](O)C[C@@]4(C)[C@]3(C)CC[C@H]2C1(C)C. The summed E-state index contributed by atoms with van der Waals surface area (Å²) in [5, 5.41) is 22.8. The van der Waals surface area contributed by atoms with Crippen molar-refractivity contribution in [2.24, 2.45) is 50.2 Å². The van der Waals surface area contributed by atoms with Crippen molar-refractivity contribution in [3.8, 4) is 0 Å². The number of ether oxygens (including phenoxy) is 1. The maximum absolute atomic E-state index is 13.2. The van der Waals surface area contributed by atoms with Crippen LogP contribution in [0.4, 0.5) is 0 Å². The molecule has 4 nitrogen and oxygen atoms in total. The fourth-order valence-electron chi connectivity index (χ4n) is 13.8. The summed E-state index contributed by atoms with van der Waals surface area (Å²) < 4.78 is 6.40. The highest BCUT2D eigenvalue weighted by molar-refractivity contribution is 5.69. The number of hydrogen-bond donors (Lipinski definition) is 2. The Labute approximate surface area is 321 Å². The highest BCUT2D eigenvalue weighted by Crippen LogP contribution is 2.75. The summed E-state index contributed by atoms with van der Waals surface area (Å²) in [6.45, 7) is 19.6. The van der Waals surface area contributed by atoms with Gasteiger partial charge in [-0.3, -0.25) is 4.79 Å². The third-order valence-corrected chi connectivity index (χ3v) is 17.4. The summed E-state index contributed by atoms with van der Waals surface area (Å²) in [5.74, 6) is 1.32. The van der Waals surface area contributed by atoms with Crippen LogP contribution in [0.3, 0.4) is 0 Å². The average molecular weight is 725 g/mol. The monoisotopic (exact) mass is 725 g/mol. The number of rotatable bonds is 18. The lowest BCUT2D eigenvalue weighted by Crippen LogP contribution is -2.67. The molecule has 0 aromatic heterocycles. The van der Waals surface area contributed by atoms with E-state index in [1.807, 2.05) is 0 Å². The Morgan fingerprint density at radius 3 is 1.88 bits per heavy atom. The van der Waals surface area contributed by atoms with Crippen molar-refractivity contribution >= 4 is 5.97 Å². The van der Waals surface area contributed by atoms with Gasteiger partial charge in [0.1, 0.15) is 6.10 Å². The predicted molar refractivity (Wildman–Crippen MR) is 217 cm³/mol. The van der Waals surface area contributed by atoms with Gasteiger partial charge in [-0.05, 0) is 104 Å². The van der Waals surface area contributed by atoms with Crippen molar-refractivity contribution in [2.75, 3.05) is 6.61 Å². The van der Waals surface area contributed by atoms with Crippen molar-refractivity contribution in [1.29, 1.82) is 0 Å². The van der Waals surface area contributed by atoms with Crippen LogP contribution in [0.5, 0.6) is 0 Å². The molecule has 300 valence electrons. The van der Waals surface area contributed by atoms with Gasteiger partial charge in [-0.1, -0.05) is 157 Å². The van der Waals surface area contributed by atoms with Gasteiger partial charge in [-0.25, -0.2) is 0 Å². The van der Waals surface area contributed by atoms with E-state index in [0.717, 1.165) is 70.6 Å². The first-order valence-electron chi connectivity index (χ1n) is 22.8. The van der Waals surface area contributed by atoms with Crippen molar-refractivity contribution in [1.82, 2.24) is 0 Å². The van der Waals surface area contributed by atoms with E-state index in [-0.39, 0.29) is 57.1 Å². The lowest BCUT2D eigenvalue weighted by molar-refractivity contribution is -0.223. The molecule has 0 radical (unpaired) electrons. The zero-order valence-electron chi connectivity index (χ0n) is 35.6. The number of hydrogen-bond acceptors (Lipinski definition) is 4. The van der Waals surface area contributed by atoms with Gasteiger partial charge in [0.2, 0.25) is 0 Å². The number of aliphatic hydroxyl groups excluding tert-OH is 2. The molecular formula is C48H84O4. The minimum atomic E-state index is -0.460. The second kappa shape index (κ2) is 17.1. The number of carbonyl (C=O) groups excluding carboxylic acids is 1. The average Bonchev–Trinajstić information content (AvgIpc) is 3.08. The Balaban J connectivity index is 1.10. The first-order valence-corrected chi connectivity index (χ1v) is 22.8. The van der Waals surface area contributed by atoms with Crippen LogP contribution in [-0.4, -0.2) is 35.0 Å². The van der Waals surface area contributed by atoms with E-state index < -0.39 is 6.10 Å². The van der Waals surface area contributed by atoms with Crippen LogP contribution in [-0.2, 0) is 9.53 Å². The topological polar surface area (TPSA) is 66.8 Å². The van der Waals surface area contributed by atoms with Crippen molar-refractivity contribution in [3.05, 3.63) is 11.6 Å². The molecule has 4 fully saturated rings. The summed E-state index contributed by atoms with van der Waals surface area (Å²) in [6.07, 6.45) is 32.1. The molecule has 52 heavy (non-hydrogen) atoms. The van der Waals surface area contributed by atoms with Crippen molar-refractivity contribution < 1.29 is 19.7 Å². The second-order valence-corrected chi connectivity index (χ2v) is 21.4. The molecule has 0 aromatic carbocycles. The summed E-state index contributed by atoms with van der Waals surface area (Å²) in [6, 6.07) is 0. The normalized spacial score (nSPS) is 39.0. The molecule has 0 bridgehead atoms. The van der Waals surface area contributed by atoms with Gasteiger partial charge in [0.25, 0.3) is 0 Å². The van der Waals surface area contributed by atoms with E-state index in [9.17, 15) is 15.0 Å². The van der Waals surface area contributed by atoms with Crippen LogP contribution in [0.15, 0.2) is 11.6 Å². The molecule has 4 heteroatoms. The molecular weight excluding hydrogens is 641 g/mol.